The van der Waals surface area contributed by atoms with Crippen molar-refractivity contribution in [3.05, 3.63) is 0 Å². The summed E-state index contributed by atoms with van der Waals surface area (Å²) in [5, 5.41) is 19.7. The first-order valence-electron chi connectivity index (χ1n) is 1.48. The lowest BCUT2D eigenvalue weighted by atomic mass is 11.1. The van der Waals surface area contributed by atoms with Gasteiger partial charge in [-0.05, 0) is 0 Å². The summed E-state index contributed by atoms with van der Waals surface area (Å²) >= 11 is 3.65. The van der Waals surface area contributed by atoms with Crippen LogP contribution in [0.1, 0.15) is 0 Å². The molecule has 0 rings (SSSR count). The molecule has 0 saturated heterocycles. The van der Waals surface area contributed by atoms with E-state index >= 15 is 0 Å². The second-order valence-corrected chi connectivity index (χ2v) is 1.10. The van der Waals surface area contributed by atoms with Crippen LogP contribution >= 0.6 is 12.2 Å². The maximum atomic E-state index is 7.34. The molecule has 0 spiro atoms. The molecule has 0 radical (unpaired) electrons. The monoisotopic (exact) mass is 137 g/mol. The Kier molecular flexibility index (Phi) is 7.49. The molecule has 0 atom stereocenters. The van der Waals surface area contributed by atoms with Crippen molar-refractivity contribution in [3.63, 3.8) is 0 Å². The fraction of sp³-hybridized carbons (Fsp3) is 0. The molecule has 48 valence electrons. The fourth-order valence-electron chi connectivity index (χ4n) is 0. The molecule has 0 aromatic rings. The quantitative estimate of drug-likeness (QED) is 0.171. The zero-order valence-corrected chi connectivity index (χ0v) is 4.77. The normalized spacial score (nSPS) is 6.00. The predicted octanol–water partition coefficient (Wildman–Crippen LogP) is -0.774. The molecule has 0 unspecified atom stereocenters. The third-order valence-electron chi connectivity index (χ3n) is 0. The van der Waals surface area contributed by atoms with Gasteiger partial charge in [-0.15, -0.1) is 0 Å². The highest BCUT2D eigenvalue weighted by molar-refractivity contribution is 7.79. The van der Waals surface area contributed by atoms with E-state index in [1.165, 1.54) is 0 Å². The van der Waals surface area contributed by atoms with E-state index in [0.717, 1.165) is 0 Å². The maximum Gasteiger partial charge on any atom is 0.347 e. The average molecular weight is 137 g/mol. The Morgan fingerprint density at radius 1 is 1.38 bits per heavy atom. The molecule has 0 aliphatic carbocycles. The second-order valence-electron chi connectivity index (χ2n) is 0.738. The number of thiocarbonyl (C=S) groups is 1. The van der Waals surface area contributed by atoms with Gasteiger partial charge in [-0.25, -0.2) is 0 Å². The summed E-state index contributed by atoms with van der Waals surface area (Å²) < 4.78 is 0. The molecular formula is C2H7N3O2S. The van der Waals surface area contributed by atoms with Crippen molar-refractivity contribution in [2.24, 2.45) is 11.5 Å². The minimum Gasteiger partial charge on any atom is -0.473 e. The molecular weight excluding hydrogens is 130 g/mol. The number of hydrogen-bond acceptors (Lipinski definition) is 2. The van der Waals surface area contributed by atoms with E-state index in [0.29, 0.717) is 0 Å². The number of guanidine groups is 1. The molecule has 0 aromatic heterocycles. The summed E-state index contributed by atoms with van der Waals surface area (Å²) in [4.78, 5) is 0. The Morgan fingerprint density at radius 2 is 1.38 bits per heavy atom. The molecule has 0 amide bonds. The van der Waals surface area contributed by atoms with Crippen LogP contribution in [0.4, 0.5) is 0 Å². The Morgan fingerprint density at radius 3 is 1.38 bits per heavy atom. The van der Waals surface area contributed by atoms with Crippen molar-refractivity contribution in [1.29, 1.82) is 5.41 Å². The molecule has 0 saturated carbocycles. The average Bonchev–Trinajstić information content (AvgIpc) is 1.25. The lowest BCUT2D eigenvalue weighted by molar-refractivity contribution is 0.386. The van der Waals surface area contributed by atoms with E-state index in [1.807, 2.05) is 0 Å². The summed E-state index contributed by atoms with van der Waals surface area (Å²) in [5.41, 5.74) is 8.94. The highest BCUT2D eigenvalue weighted by Crippen LogP contribution is 1.47. The van der Waals surface area contributed by atoms with Gasteiger partial charge >= 0.3 is 5.24 Å². The first kappa shape index (κ1) is 10.0. The van der Waals surface area contributed by atoms with Crippen LogP contribution in [0, 0.1) is 5.41 Å². The Bertz CT molecular complexity index is 73.3. The van der Waals surface area contributed by atoms with Crippen molar-refractivity contribution in [2.75, 3.05) is 0 Å². The van der Waals surface area contributed by atoms with E-state index < -0.39 is 5.24 Å². The van der Waals surface area contributed by atoms with Gasteiger partial charge in [-0.1, -0.05) is 0 Å². The van der Waals surface area contributed by atoms with Crippen molar-refractivity contribution in [1.82, 2.24) is 0 Å². The first-order valence-corrected chi connectivity index (χ1v) is 1.89. The van der Waals surface area contributed by atoms with Crippen LogP contribution < -0.4 is 11.5 Å². The summed E-state index contributed by atoms with van der Waals surface area (Å²) in [6, 6.07) is 0. The van der Waals surface area contributed by atoms with Crippen LogP contribution in [0.25, 0.3) is 0 Å². The smallest absolute Gasteiger partial charge is 0.347 e. The van der Waals surface area contributed by atoms with Crippen LogP contribution in [0.5, 0.6) is 0 Å². The van der Waals surface area contributed by atoms with Crippen LogP contribution in [0.15, 0.2) is 0 Å². The molecule has 0 heterocycles. The maximum absolute atomic E-state index is 7.34. The third-order valence-corrected chi connectivity index (χ3v) is 0. The third kappa shape index (κ3) is 71.9. The van der Waals surface area contributed by atoms with Gasteiger partial charge in [0, 0.05) is 12.2 Å². The molecule has 0 fully saturated rings. The summed E-state index contributed by atoms with van der Waals surface area (Å²) in [6.45, 7) is 0. The largest absolute Gasteiger partial charge is 0.473 e. The predicted molar refractivity (Wildman–Crippen MR) is 34.0 cm³/mol. The number of rotatable bonds is 0. The van der Waals surface area contributed by atoms with E-state index in [2.05, 4.69) is 23.7 Å². The van der Waals surface area contributed by atoms with Crippen LogP contribution in [-0.4, -0.2) is 21.4 Å². The SMILES string of the molecule is N=C(N)N.OC(O)=S. The molecule has 7 N–H and O–H groups in total. The molecule has 8 heavy (non-hydrogen) atoms. The highest BCUT2D eigenvalue weighted by Gasteiger charge is 1.62. The van der Waals surface area contributed by atoms with Gasteiger partial charge < -0.3 is 21.7 Å². The van der Waals surface area contributed by atoms with Crippen molar-refractivity contribution < 1.29 is 10.2 Å². The molecule has 5 nitrogen and oxygen atoms in total. The molecule has 0 bridgehead atoms. The standard InChI is InChI=1S/CH5N3.CH2O2S/c2*2-1(3)4/h(H5,2,3,4);(H2,2,3,4). The topological polar surface area (TPSA) is 116 Å². The number of aliphatic hydroxyl groups excluding tert-OH is 1. The van der Waals surface area contributed by atoms with Gasteiger partial charge in [0.2, 0.25) is 0 Å². The Labute approximate surface area is 51.4 Å². The fourth-order valence-corrected chi connectivity index (χ4v) is 0. The van der Waals surface area contributed by atoms with Crippen LogP contribution in [-0.2, 0) is 0 Å². The van der Waals surface area contributed by atoms with Gasteiger partial charge in [-0.3, -0.25) is 5.41 Å². The molecule has 6 heteroatoms. The lowest BCUT2D eigenvalue weighted by Crippen LogP contribution is -2.20. The lowest BCUT2D eigenvalue weighted by Gasteiger charge is -1.69. The summed E-state index contributed by atoms with van der Waals surface area (Å²) in [5.74, 6) is -0.333. The number of nitrogens with one attached hydrogen (secondary N) is 1. The van der Waals surface area contributed by atoms with Gasteiger partial charge in [0.15, 0.2) is 5.96 Å². The van der Waals surface area contributed by atoms with E-state index in [-0.39, 0.29) is 5.96 Å². The summed E-state index contributed by atoms with van der Waals surface area (Å²) in [6.07, 6.45) is 0. The number of aliphatic hydroxyl groups is 2. The van der Waals surface area contributed by atoms with E-state index in [4.69, 9.17) is 15.6 Å². The van der Waals surface area contributed by atoms with Crippen LogP contribution in [0.3, 0.4) is 0 Å². The molecule has 0 aromatic carbocycles. The Hall–Kier alpha value is -1.04. The van der Waals surface area contributed by atoms with E-state index in [9.17, 15) is 0 Å². The minimum absolute atomic E-state index is 0.333. The minimum atomic E-state index is -1.000. The van der Waals surface area contributed by atoms with Crippen molar-refractivity contribution in [3.8, 4) is 0 Å². The van der Waals surface area contributed by atoms with E-state index in [1.54, 1.807) is 0 Å². The number of hydrogen-bond donors (Lipinski definition) is 5. The van der Waals surface area contributed by atoms with Gasteiger partial charge in [0.05, 0.1) is 0 Å². The molecule has 0 aliphatic rings. The van der Waals surface area contributed by atoms with Crippen molar-refractivity contribution in [2.45, 2.75) is 0 Å². The van der Waals surface area contributed by atoms with Gasteiger partial charge in [0.25, 0.3) is 0 Å². The van der Waals surface area contributed by atoms with Gasteiger partial charge in [0.1, 0.15) is 0 Å². The zero-order valence-electron chi connectivity index (χ0n) is 3.96. The highest BCUT2D eigenvalue weighted by atomic mass is 32.1. The van der Waals surface area contributed by atoms with Crippen molar-refractivity contribution >= 4 is 23.4 Å². The molecule has 0 aliphatic heterocycles. The summed E-state index contributed by atoms with van der Waals surface area (Å²) in [7, 11) is 0. The number of nitrogens with two attached hydrogens (primary N) is 2. The van der Waals surface area contributed by atoms with Gasteiger partial charge in [-0.2, -0.15) is 0 Å². The zero-order chi connectivity index (χ0) is 7.15. The second kappa shape index (κ2) is 5.96. The Balaban J connectivity index is 0. The first-order chi connectivity index (χ1) is 3.46. The van der Waals surface area contributed by atoms with Crippen LogP contribution in [0.2, 0.25) is 0 Å².